The average Bonchev–Trinajstić information content (AvgIpc) is 3.06. The molecule has 2 aromatic carbocycles. The lowest BCUT2D eigenvalue weighted by atomic mass is 10.1. The van der Waals surface area contributed by atoms with E-state index in [-0.39, 0.29) is 5.75 Å². The van der Waals surface area contributed by atoms with E-state index in [9.17, 15) is 13.0 Å². The first-order chi connectivity index (χ1) is 12.9. The summed E-state index contributed by atoms with van der Waals surface area (Å²) in [5.74, 6) is -0.320. The molecule has 0 aliphatic carbocycles. The highest BCUT2D eigenvalue weighted by atomic mass is 32.2. The number of para-hydroxylation sites is 1. The van der Waals surface area contributed by atoms with Crippen LogP contribution in [0.5, 0.6) is 0 Å². The minimum Gasteiger partial charge on any atom is -0.748 e. The fourth-order valence-corrected chi connectivity index (χ4v) is 3.55. The first kappa shape index (κ1) is 19.3. The first-order valence-corrected chi connectivity index (χ1v) is 10.4. The van der Waals surface area contributed by atoms with Crippen molar-refractivity contribution in [3.8, 4) is 16.9 Å². The summed E-state index contributed by atoms with van der Waals surface area (Å²) in [7, 11) is -2.16. The molecule has 0 fully saturated rings. The Kier molecular flexibility index (Phi) is 6.05. The summed E-state index contributed by atoms with van der Waals surface area (Å²) >= 11 is 0. The van der Waals surface area contributed by atoms with Crippen LogP contribution in [0, 0.1) is 0 Å². The van der Waals surface area contributed by atoms with Crippen molar-refractivity contribution >= 4 is 10.1 Å². The van der Waals surface area contributed by atoms with Gasteiger partial charge in [0.25, 0.3) is 0 Å². The van der Waals surface area contributed by atoms with E-state index in [1.165, 1.54) is 0 Å². The molecule has 0 bridgehead atoms. The minimum atomic E-state index is -4.16. The predicted molar refractivity (Wildman–Crippen MR) is 104 cm³/mol. The van der Waals surface area contributed by atoms with Crippen LogP contribution in [-0.2, 0) is 16.7 Å². The van der Waals surface area contributed by atoms with Gasteiger partial charge in [0.2, 0.25) is 0 Å². The SMILES string of the molecule is C[NH+](CCCS(=O)(=O)[O-])Cc1cn(-c2ccccc2)nc1-c1ccccc1. The first-order valence-electron chi connectivity index (χ1n) is 8.86. The molecule has 0 saturated carbocycles. The summed E-state index contributed by atoms with van der Waals surface area (Å²) in [4.78, 5) is 1.13. The van der Waals surface area contributed by atoms with Gasteiger partial charge >= 0.3 is 0 Å². The molecule has 0 radical (unpaired) electrons. The van der Waals surface area contributed by atoms with Crippen molar-refractivity contribution in [3.05, 3.63) is 72.4 Å². The average molecular weight is 385 g/mol. The Morgan fingerprint density at radius 3 is 2.30 bits per heavy atom. The van der Waals surface area contributed by atoms with Gasteiger partial charge in [0, 0.05) is 23.9 Å². The zero-order valence-corrected chi connectivity index (χ0v) is 16.0. The second-order valence-electron chi connectivity index (χ2n) is 6.65. The van der Waals surface area contributed by atoms with Crippen LogP contribution in [0.4, 0.5) is 0 Å². The fourth-order valence-electron chi connectivity index (χ4n) is 3.06. The monoisotopic (exact) mass is 385 g/mol. The molecule has 0 amide bonds. The van der Waals surface area contributed by atoms with Crippen molar-refractivity contribution < 1.29 is 17.9 Å². The molecule has 3 aromatic rings. The third-order valence-corrected chi connectivity index (χ3v) is 5.14. The Bertz CT molecular complexity index is 970. The van der Waals surface area contributed by atoms with Gasteiger partial charge in [-0.05, 0) is 12.1 Å². The van der Waals surface area contributed by atoms with Gasteiger partial charge in [0.1, 0.15) is 12.2 Å². The second kappa shape index (κ2) is 8.47. The lowest BCUT2D eigenvalue weighted by molar-refractivity contribution is -0.893. The van der Waals surface area contributed by atoms with Crippen LogP contribution < -0.4 is 4.90 Å². The Morgan fingerprint density at radius 1 is 1.04 bits per heavy atom. The summed E-state index contributed by atoms with van der Waals surface area (Å²) in [5.41, 5.74) is 4.01. The van der Waals surface area contributed by atoms with E-state index in [4.69, 9.17) is 5.10 Å². The second-order valence-corrected chi connectivity index (χ2v) is 8.17. The smallest absolute Gasteiger partial charge is 0.106 e. The van der Waals surface area contributed by atoms with Gasteiger partial charge in [-0.3, -0.25) is 0 Å². The van der Waals surface area contributed by atoms with Gasteiger partial charge in [-0.25, -0.2) is 13.1 Å². The van der Waals surface area contributed by atoms with Gasteiger partial charge in [-0.15, -0.1) is 0 Å². The lowest BCUT2D eigenvalue weighted by Gasteiger charge is -2.14. The lowest BCUT2D eigenvalue weighted by Crippen LogP contribution is -3.07. The van der Waals surface area contributed by atoms with Crippen LogP contribution in [0.1, 0.15) is 12.0 Å². The van der Waals surface area contributed by atoms with E-state index >= 15 is 0 Å². The molecular weight excluding hydrogens is 362 g/mol. The van der Waals surface area contributed by atoms with Gasteiger partial charge in [-0.2, -0.15) is 5.10 Å². The third kappa shape index (κ3) is 5.50. The summed E-state index contributed by atoms with van der Waals surface area (Å²) in [6.45, 7) is 1.29. The van der Waals surface area contributed by atoms with Gasteiger partial charge < -0.3 is 9.45 Å². The van der Waals surface area contributed by atoms with Crippen molar-refractivity contribution in [1.29, 1.82) is 0 Å². The molecule has 1 unspecified atom stereocenters. The van der Waals surface area contributed by atoms with Crippen molar-refractivity contribution in [2.45, 2.75) is 13.0 Å². The van der Waals surface area contributed by atoms with Crippen LogP contribution in [-0.4, -0.2) is 42.1 Å². The fraction of sp³-hybridized carbons (Fsp3) is 0.250. The molecule has 6 nitrogen and oxygen atoms in total. The molecule has 3 rings (SSSR count). The minimum absolute atomic E-state index is 0.320. The van der Waals surface area contributed by atoms with Gasteiger partial charge in [0.15, 0.2) is 0 Å². The molecule has 0 spiro atoms. The summed E-state index contributed by atoms with van der Waals surface area (Å²) in [5, 5.41) is 4.78. The van der Waals surface area contributed by atoms with Crippen molar-refractivity contribution in [2.75, 3.05) is 19.3 Å². The van der Waals surface area contributed by atoms with Crippen molar-refractivity contribution in [3.63, 3.8) is 0 Å². The number of hydrogen-bond donors (Lipinski definition) is 1. The quantitative estimate of drug-likeness (QED) is 0.596. The number of quaternary nitrogens is 1. The number of rotatable bonds is 8. The number of aromatic nitrogens is 2. The van der Waals surface area contributed by atoms with Crippen LogP contribution in [0.2, 0.25) is 0 Å². The van der Waals surface area contributed by atoms with Crippen LogP contribution in [0.25, 0.3) is 16.9 Å². The Balaban J connectivity index is 1.83. The number of nitrogens with zero attached hydrogens (tertiary/aromatic N) is 2. The van der Waals surface area contributed by atoms with E-state index in [2.05, 4.69) is 0 Å². The topological polar surface area (TPSA) is 79.5 Å². The number of benzene rings is 2. The number of nitrogens with one attached hydrogen (secondary N) is 1. The summed E-state index contributed by atoms with van der Waals surface area (Å²) < 4.78 is 34.2. The van der Waals surface area contributed by atoms with E-state index in [1.807, 2.05) is 78.6 Å². The molecule has 7 heteroatoms. The maximum absolute atomic E-state index is 10.8. The molecule has 1 aromatic heterocycles. The van der Waals surface area contributed by atoms with E-state index < -0.39 is 10.1 Å². The largest absolute Gasteiger partial charge is 0.748 e. The van der Waals surface area contributed by atoms with Crippen molar-refractivity contribution in [1.82, 2.24) is 9.78 Å². The summed E-state index contributed by atoms with van der Waals surface area (Å²) in [6.07, 6.45) is 2.37. The van der Waals surface area contributed by atoms with Gasteiger partial charge in [0.05, 0.1) is 35.0 Å². The molecule has 0 aliphatic heterocycles. The number of hydrogen-bond acceptors (Lipinski definition) is 4. The highest BCUT2D eigenvalue weighted by Gasteiger charge is 2.16. The Labute approximate surface area is 159 Å². The Hall–Kier alpha value is -2.48. The van der Waals surface area contributed by atoms with Gasteiger partial charge in [-0.1, -0.05) is 48.5 Å². The molecule has 27 heavy (non-hydrogen) atoms. The van der Waals surface area contributed by atoms with E-state index in [0.717, 1.165) is 27.4 Å². The molecule has 142 valence electrons. The zero-order chi connectivity index (χ0) is 19.3. The molecule has 1 heterocycles. The third-order valence-electron chi connectivity index (χ3n) is 4.35. The Morgan fingerprint density at radius 2 is 1.67 bits per heavy atom. The maximum atomic E-state index is 10.8. The molecule has 0 saturated heterocycles. The van der Waals surface area contributed by atoms with Crippen LogP contribution >= 0.6 is 0 Å². The standard InChI is InChI=1S/C20H23N3O3S/c1-22(13-8-14-27(24,25)26)15-18-16-23(19-11-6-3-7-12-19)21-20(18)17-9-4-2-5-10-17/h2-7,9-12,16H,8,13-15H2,1H3,(H,24,25,26). The predicted octanol–water partition coefficient (Wildman–Crippen LogP) is 1.49. The molecule has 0 aliphatic rings. The van der Waals surface area contributed by atoms with Crippen LogP contribution in [0.15, 0.2) is 66.9 Å². The molecular formula is C20H23N3O3S. The molecule has 1 atom stereocenters. The normalized spacial score (nSPS) is 12.8. The highest BCUT2D eigenvalue weighted by molar-refractivity contribution is 7.85. The summed E-state index contributed by atoms with van der Waals surface area (Å²) in [6, 6.07) is 19.9. The van der Waals surface area contributed by atoms with Crippen molar-refractivity contribution in [2.24, 2.45) is 0 Å². The highest BCUT2D eigenvalue weighted by Crippen LogP contribution is 2.23. The molecule has 1 N–H and O–H groups in total. The van der Waals surface area contributed by atoms with E-state index in [0.29, 0.717) is 19.5 Å². The zero-order valence-electron chi connectivity index (χ0n) is 15.2. The maximum Gasteiger partial charge on any atom is 0.106 e. The van der Waals surface area contributed by atoms with Crippen LogP contribution in [0.3, 0.4) is 0 Å². The van der Waals surface area contributed by atoms with E-state index in [1.54, 1.807) is 0 Å².